The van der Waals surface area contributed by atoms with E-state index < -0.39 is 10.2 Å². The number of hydrogen-bond acceptors (Lipinski definition) is 6. The monoisotopic (exact) mass is 487 g/mol. The Bertz CT molecular complexity index is 877. The lowest BCUT2D eigenvalue weighted by molar-refractivity contribution is 0.0423. The zero-order valence-electron chi connectivity index (χ0n) is 18.2. The highest BCUT2D eigenvalue weighted by atomic mass is 35.5. The molecule has 0 aliphatic carbocycles. The molecule has 1 aromatic carbocycles. The second kappa shape index (κ2) is 10.1. The molecule has 0 unspecified atom stereocenters. The maximum absolute atomic E-state index is 13.3. The zero-order chi connectivity index (χ0) is 22.7. The van der Waals surface area contributed by atoms with Crippen molar-refractivity contribution < 1.29 is 27.4 Å². The van der Waals surface area contributed by atoms with E-state index in [4.69, 9.17) is 25.8 Å². The van der Waals surface area contributed by atoms with Crippen LogP contribution in [0.5, 0.6) is 5.75 Å². The molecular weight excluding hydrogens is 458 g/mol. The van der Waals surface area contributed by atoms with E-state index in [2.05, 4.69) is 0 Å². The third-order valence-electron chi connectivity index (χ3n) is 6.34. The van der Waals surface area contributed by atoms with Gasteiger partial charge in [-0.25, -0.2) is 4.79 Å². The standard InChI is InChI=1S/C21H30ClN3O6S/c1-29-12-13-30-21(26)25-17-4-5-18(25)15-24(14-17)32(27,28)23-10-8-20(9-11-23)31-19-6-2-16(22)3-7-19/h2-3,6-7,17-18,20H,4-5,8-15H2,1H3/t17-,18+. The fourth-order valence-corrected chi connectivity index (χ4v) is 6.53. The quantitative estimate of drug-likeness (QED) is 0.548. The van der Waals surface area contributed by atoms with E-state index >= 15 is 0 Å². The smallest absolute Gasteiger partial charge is 0.410 e. The van der Waals surface area contributed by atoms with Gasteiger partial charge < -0.3 is 14.2 Å². The summed E-state index contributed by atoms with van der Waals surface area (Å²) in [7, 11) is -2.04. The predicted octanol–water partition coefficient (Wildman–Crippen LogP) is 2.36. The highest BCUT2D eigenvalue weighted by molar-refractivity contribution is 7.86. The molecule has 2 bridgehead atoms. The fraction of sp³-hybridized carbons (Fsp3) is 0.667. The van der Waals surface area contributed by atoms with Gasteiger partial charge in [-0.05, 0) is 49.9 Å². The van der Waals surface area contributed by atoms with Gasteiger partial charge in [-0.2, -0.15) is 17.0 Å². The molecule has 3 fully saturated rings. The summed E-state index contributed by atoms with van der Waals surface area (Å²) in [5.74, 6) is 0.737. The van der Waals surface area contributed by atoms with Crippen LogP contribution in [-0.4, -0.2) is 92.7 Å². The van der Waals surface area contributed by atoms with Gasteiger partial charge in [0, 0.05) is 50.4 Å². The van der Waals surface area contributed by atoms with E-state index in [1.807, 2.05) is 12.1 Å². The van der Waals surface area contributed by atoms with Crippen LogP contribution in [0.3, 0.4) is 0 Å². The van der Waals surface area contributed by atoms with Crippen molar-refractivity contribution in [1.82, 2.24) is 13.5 Å². The van der Waals surface area contributed by atoms with Crippen LogP contribution in [0.15, 0.2) is 24.3 Å². The molecular formula is C21H30ClN3O6S. The maximum Gasteiger partial charge on any atom is 0.410 e. The lowest BCUT2D eigenvalue weighted by Gasteiger charge is -2.42. The minimum atomic E-state index is -3.59. The van der Waals surface area contributed by atoms with Crippen LogP contribution in [0, 0.1) is 0 Å². The van der Waals surface area contributed by atoms with E-state index in [1.165, 1.54) is 4.31 Å². The molecule has 4 rings (SSSR count). The van der Waals surface area contributed by atoms with Crippen LogP contribution in [0.1, 0.15) is 25.7 Å². The minimum Gasteiger partial charge on any atom is -0.490 e. The summed E-state index contributed by atoms with van der Waals surface area (Å²) in [6.07, 6.45) is 2.41. The van der Waals surface area contributed by atoms with Crippen LogP contribution < -0.4 is 4.74 Å². The third-order valence-corrected chi connectivity index (χ3v) is 8.56. The van der Waals surface area contributed by atoms with Gasteiger partial charge in [-0.15, -0.1) is 0 Å². The average Bonchev–Trinajstić information content (AvgIpc) is 3.05. The molecule has 3 saturated heterocycles. The first-order valence-corrected chi connectivity index (χ1v) is 12.8. The zero-order valence-corrected chi connectivity index (χ0v) is 19.8. The number of fused-ring (bicyclic) bond motifs is 2. The van der Waals surface area contributed by atoms with Crippen LogP contribution in [-0.2, 0) is 19.7 Å². The lowest BCUT2D eigenvalue weighted by Crippen LogP contribution is -2.60. The average molecular weight is 488 g/mol. The number of piperazine rings is 1. The van der Waals surface area contributed by atoms with Crippen molar-refractivity contribution >= 4 is 27.9 Å². The Labute approximate surface area is 194 Å². The van der Waals surface area contributed by atoms with Crippen molar-refractivity contribution in [2.75, 3.05) is 46.5 Å². The molecule has 0 radical (unpaired) electrons. The van der Waals surface area contributed by atoms with Crippen molar-refractivity contribution in [2.24, 2.45) is 0 Å². The molecule has 32 heavy (non-hydrogen) atoms. The summed E-state index contributed by atoms with van der Waals surface area (Å²) >= 11 is 5.91. The summed E-state index contributed by atoms with van der Waals surface area (Å²) in [6, 6.07) is 6.89. The van der Waals surface area contributed by atoms with Crippen LogP contribution in [0.4, 0.5) is 4.79 Å². The van der Waals surface area contributed by atoms with Gasteiger partial charge in [0.05, 0.1) is 6.61 Å². The Balaban J connectivity index is 1.31. The molecule has 3 heterocycles. The van der Waals surface area contributed by atoms with Crippen molar-refractivity contribution in [2.45, 2.75) is 43.9 Å². The summed E-state index contributed by atoms with van der Waals surface area (Å²) < 4.78 is 45.8. The van der Waals surface area contributed by atoms with E-state index in [0.29, 0.717) is 50.7 Å². The Morgan fingerprint density at radius 2 is 1.62 bits per heavy atom. The van der Waals surface area contributed by atoms with Crippen molar-refractivity contribution in [1.29, 1.82) is 0 Å². The number of amides is 1. The van der Waals surface area contributed by atoms with E-state index in [0.717, 1.165) is 18.6 Å². The topological polar surface area (TPSA) is 88.6 Å². The third kappa shape index (κ3) is 5.14. The number of carbonyl (C=O) groups excluding carboxylic acids is 1. The van der Waals surface area contributed by atoms with Crippen LogP contribution in [0.25, 0.3) is 0 Å². The van der Waals surface area contributed by atoms with Crippen LogP contribution >= 0.6 is 11.6 Å². The number of rotatable bonds is 7. The van der Waals surface area contributed by atoms with Crippen molar-refractivity contribution in [3.8, 4) is 5.75 Å². The molecule has 2 atom stereocenters. The van der Waals surface area contributed by atoms with Crippen molar-refractivity contribution in [3.05, 3.63) is 29.3 Å². The van der Waals surface area contributed by atoms with E-state index in [1.54, 1.807) is 28.4 Å². The lowest BCUT2D eigenvalue weighted by atomic mass is 10.1. The number of hydrogen-bond donors (Lipinski definition) is 0. The van der Waals surface area contributed by atoms with Crippen molar-refractivity contribution in [3.63, 3.8) is 0 Å². The van der Waals surface area contributed by atoms with Gasteiger partial charge in [-0.1, -0.05) is 11.6 Å². The van der Waals surface area contributed by atoms with Crippen LogP contribution in [0.2, 0.25) is 5.02 Å². The Kier molecular flexibility index (Phi) is 7.46. The SMILES string of the molecule is COCCOC(=O)N1[C@@H]2CC[C@H]1CN(S(=O)(=O)N1CCC(Oc3ccc(Cl)cc3)CC1)C2. The second-order valence-electron chi connectivity index (χ2n) is 8.39. The number of halogens is 1. The number of carbonyl (C=O) groups is 1. The molecule has 178 valence electrons. The Morgan fingerprint density at radius 1 is 1.00 bits per heavy atom. The summed E-state index contributed by atoms with van der Waals surface area (Å²) in [5.41, 5.74) is 0. The number of ether oxygens (including phenoxy) is 3. The molecule has 0 saturated carbocycles. The Morgan fingerprint density at radius 3 is 2.22 bits per heavy atom. The summed E-state index contributed by atoms with van der Waals surface area (Å²) in [6.45, 7) is 1.97. The van der Waals surface area contributed by atoms with Gasteiger partial charge in [0.25, 0.3) is 10.2 Å². The molecule has 3 aliphatic rings. The minimum absolute atomic E-state index is 0.0301. The largest absolute Gasteiger partial charge is 0.490 e. The molecule has 11 heteroatoms. The number of nitrogens with zero attached hydrogens (tertiary/aromatic N) is 3. The maximum atomic E-state index is 13.3. The highest BCUT2D eigenvalue weighted by Crippen LogP contribution is 2.33. The van der Waals surface area contributed by atoms with E-state index in [9.17, 15) is 13.2 Å². The van der Waals surface area contributed by atoms with Gasteiger partial charge in [0.1, 0.15) is 18.5 Å². The Hall–Kier alpha value is -1.59. The summed E-state index contributed by atoms with van der Waals surface area (Å²) in [4.78, 5) is 14.2. The van der Waals surface area contributed by atoms with Gasteiger partial charge in [-0.3, -0.25) is 4.90 Å². The summed E-state index contributed by atoms with van der Waals surface area (Å²) in [5, 5.41) is 0.649. The van der Waals surface area contributed by atoms with E-state index in [-0.39, 0.29) is 30.9 Å². The fourth-order valence-electron chi connectivity index (χ4n) is 4.69. The number of methoxy groups -OCH3 is 1. The molecule has 3 aliphatic heterocycles. The second-order valence-corrected chi connectivity index (χ2v) is 10.8. The van der Waals surface area contributed by atoms with Gasteiger partial charge >= 0.3 is 6.09 Å². The first-order chi connectivity index (χ1) is 15.4. The number of benzene rings is 1. The first-order valence-electron chi connectivity index (χ1n) is 11.0. The molecule has 1 aromatic rings. The molecule has 1 amide bonds. The van der Waals surface area contributed by atoms with Gasteiger partial charge in [0.2, 0.25) is 0 Å². The normalized spacial score (nSPS) is 25.1. The highest BCUT2D eigenvalue weighted by Gasteiger charge is 2.47. The molecule has 0 aromatic heterocycles. The molecule has 0 N–H and O–H groups in total. The van der Waals surface area contributed by atoms with Gasteiger partial charge in [0.15, 0.2) is 0 Å². The first kappa shape index (κ1) is 23.6. The molecule has 0 spiro atoms. The predicted molar refractivity (Wildman–Crippen MR) is 119 cm³/mol. The molecule has 9 nitrogen and oxygen atoms in total. The number of piperidine rings is 1.